The van der Waals surface area contributed by atoms with Gasteiger partial charge in [0.05, 0.1) is 15.6 Å². The number of carbonyl (C=O) groups is 1. The van der Waals surface area contributed by atoms with Crippen LogP contribution in [0, 0.1) is 17.0 Å². The topological polar surface area (TPSA) is 93.6 Å². The van der Waals surface area contributed by atoms with Crippen LogP contribution in [-0.2, 0) is 5.75 Å². The zero-order valence-corrected chi connectivity index (χ0v) is 11.3. The molecule has 1 heterocycles. The first kappa shape index (κ1) is 14.1. The predicted octanol–water partition coefficient (Wildman–Crippen LogP) is 3.49. The third-order valence-corrected chi connectivity index (χ3v) is 3.72. The fraction of sp³-hybridized carbons (Fsp3) is 0.154. The number of nitrogens with zero attached hydrogens (tertiary/aromatic N) is 1. The van der Waals surface area contributed by atoms with Gasteiger partial charge in [-0.25, -0.2) is 4.79 Å². The smallest absolute Gasteiger partial charge is 0.339 e. The highest BCUT2D eigenvalue weighted by Gasteiger charge is 2.16. The summed E-state index contributed by atoms with van der Waals surface area (Å²) in [5.41, 5.74) is 0.141. The van der Waals surface area contributed by atoms with Gasteiger partial charge in [0.15, 0.2) is 0 Å². The summed E-state index contributed by atoms with van der Waals surface area (Å²) in [4.78, 5) is 21.8. The Labute approximate surface area is 118 Å². The monoisotopic (exact) mass is 293 g/mol. The molecular weight excluding hydrogens is 282 g/mol. The second-order valence-corrected chi connectivity index (χ2v) is 5.02. The van der Waals surface area contributed by atoms with Crippen molar-refractivity contribution >= 4 is 23.4 Å². The van der Waals surface area contributed by atoms with E-state index in [2.05, 4.69) is 0 Å². The normalized spacial score (nSPS) is 10.4. The largest absolute Gasteiger partial charge is 0.478 e. The van der Waals surface area contributed by atoms with E-state index in [-0.39, 0.29) is 11.3 Å². The van der Waals surface area contributed by atoms with Crippen molar-refractivity contribution in [3.05, 3.63) is 57.5 Å². The molecule has 0 saturated carbocycles. The van der Waals surface area contributed by atoms with E-state index in [9.17, 15) is 14.9 Å². The van der Waals surface area contributed by atoms with Crippen molar-refractivity contribution in [3.8, 4) is 0 Å². The van der Waals surface area contributed by atoms with Crippen LogP contribution in [0.25, 0.3) is 0 Å². The summed E-state index contributed by atoms with van der Waals surface area (Å²) in [5.74, 6) is 0.0887. The summed E-state index contributed by atoms with van der Waals surface area (Å²) in [6.07, 6.45) is 0. The molecule has 0 radical (unpaired) electrons. The van der Waals surface area contributed by atoms with E-state index in [1.54, 1.807) is 25.1 Å². The Morgan fingerprint density at radius 2 is 2.15 bits per heavy atom. The number of hydrogen-bond donors (Lipinski definition) is 1. The molecule has 0 aliphatic rings. The highest BCUT2D eigenvalue weighted by Crippen LogP contribution is 2.32. The molecule has 0 fully saturated rings. The van der Waals surface area contributed by atoms with Crippen molar-refractivity contribution in [2.45, 2.75) is 17.6 Å². The lowest BCUT2D eigenvalue weighted by Gasteiger charge is -2.00. The second kappa shape index (κ2) is 5.79. The first-order valence-electron chi connectivity index (χ1n) is 5.68. The highest BCUT2D eigenvalue weighted by molar-refractivity contribution is 7.98. The average molecular weight is 293 g/mol. The maximum absolute atomic E-state index is 10.9. The summed E-state index contributed by atoms with van der Waals surface area (Å²) in [5, 5.41) is 19.8. The molecule has 0 amide bonds. The van der Waals surface area contributed by atoms with Crippen LogP contribution in [0.2, 0.25) is 0 Å². The Morgan fingerprint density at radius 1 is 1.45 bits per heavy atom. The number of benzene rings is 1. The van der Waals surface area contributed by atoms with E-state index in [1.807, 2.05) is 0 Å². The van der Waals surface area contributed by atoms with E-state index in [0.29, 0.717) is 22.2 Å². The zero-order valence-electron chi connectivity index (χ0n) is 10.5. The van der Waals surface area contributed by atoms with Gasteiger partial charge in [0.1, 0.15) is 17.1 Å². The molecule has 7 heteroatoms. The van der Waals surface area contributed by atoms with Gasteiger partial charge in [-0.2, -0.15) is 0 Å². The Morgan fingerprint density at radius 3 is 2.75 bits per heavy atom. The van der Waals surface area contributed by atoms with Crippen LogP contribution in [0.3, 0.4) is 0 Å². The SMILES string of the molecule is Cc1oc(CSc2ccccc2[N+](=O)[O-])cc1C(=O)O. The highest BCUT2D eigenvalue weighted by atomic mass is 32.2. The van der Waals surface area contributed by atoms with Gasteiger partial charge < -0.3 is 9.52 Å². The molecule has 104 valence electrons. The number of carboxylic acid groups (broad SMARTS) is 1. The lowest BCUT2D eigenvalue weighted by Crippen LogP contribution is -1.94. The minimum absolute atomic E-state index is 0.0271. The summed E-state index contributed by atoms with van der Waals surface area (Å²) in [6, 6.07) is 7.84. The summed E-state index contributed by atoms with van der Waals surface area (Å²) in [7, 11) is 0. The number of thioether (sulfide) groups is 1. The molecule has 0 atom stereocenters. The maximum atomic E-state index is 10.9. The number of nitro benzene ring substituents is 1. The van der Waals surface area contributed by atoms with Gasteiger partial charge in [-0.3, -0.25) is 10.1 Å². The molecule has 1 aromatic carbocycles. The molecule has 1 aromatic heterocycles. The number of carboxylic acids is 1. The van der Waals surface area contributed by atoms with Gasteiger partial charge in [-0.1, -0.05) is 12.1 Å². The molecule has 0 bridgehead atoms. The number of furan rings is 1. The molecule has 20 heavy (non-hydrogen) atoms. The number of para-hydroxylation sites is 1. The van der Waals surface area contributed by atoms with Crippen molar-refractivity contribution < 1.29 is 19.2 Å². The third kappa shape index (κ3) is 3.00. The van der Waals surface area contributed by atoms with E-state index in [4.69, 9.17) is 9.52 Å². The van der Waals surface area contributed by atoms with Crippen LogP contribution in [0.1, 0.15) is 21.9 Å². The van der Waals surface area contributed by atoms with Crippen LogP contribution in [-0.4, -0.2) is 16.0 Å². The summed E-state index contributed by atoms with van der Waals surface area (Å²) < 4.78 is 5.33. The molecule has 0 aliphatic carbocycles. The lowest BCUT2D eigenvalue weighted by atomic mass is 10.2. The number of hydrogen-bond acceptors (Lipinski definition) is 5. The van der Waals surface area contributed by atoms with E-state index in [1.165, 1.54) is 23.9 Å². The van der Waals surface area contributed by atoms with Crippen molar-refractivity contribution in [2.75, 3.05) is 0 Å². The third-order valence-electron chi connectivity index (χ3n) is 2.63. The van der Waals surface area contributed by atoms with E-state index >= 15 is 0 Å². The fourth-order valence-electron chi connectivity index (χ4n) is 1.71. The molecule has 0 spiro atoms. The molecule has 2 rings (SSSR count). The molecule has 2 aromatic rings. The second-order valence-electron chi connectivity index (χ2n) is 4.00. The van der Waals surface area contributed by atoms with Crippen LogP contribution >= 0.6 is 11.8 Å². The summed E-state index contributed by atoms with van der Waals surface area (Å²) >= 11 is 1.23. The van der Waals surface area contributed by atoms with Gasteiger partial charge in [-0.15, -0.1) is 11.8 Å². The number of aryl methyl sites for hydroxylation is 1. The van der Waals surface area contributed by atoms with E-state index < -0.39 is 10.9 Å². The number of nitro groups is 1. The maximum Gasteiger partial charge on any atom is 0.339 e. The number of rotatable bonds is 5. The van der Waals surface area contributed by atoms with Gasteiger partial charge in [-0.05, 0) is 19.1 Å². The summed E-state index contributed by atoms with van der Waals surface area (Å²) in [6.45, 7) is 1.57. The average Bonchev–Trinajstić information content (AvgIpc) is 2.78. The van der Waals surface area contributed by atoms with Crippen molar-refractivity contribution in [1.82, 2.24) is 0 Å². The Hall–Kier alpha value is -2.28. The molecule has 0 unspecified atom stereocenters. The minimum Gasteiger partial charge on any atom is -0.478 e. The van der Waals surface area contributed by atoms with Crippen LogP contribution < -0.4 is 0 Å². The quantitative estimate of drug-likeness (QED) is 0.515. The van der Waals surface area contributed by atoms with E-state index in [0.717, 1.165) is 0 Å². The van der Waals surface area contributed by atoms with Crippen LogP contribution in [0.4, 0.5) is 5.69 Å². The van der Waals surface area contributed by atoms with Crippen LogP contribution in [0.5, 0.6) is 0 Å². The molecule has 0 saturated heterocycles. The molecule has 1 N–H and O–H groups in total. The predicted molar refractivity (Wildman–Crippen MR) is 73.1 cm³/mol. The first-order chi connectivity index (χ1) is 9.49. The first-order valence-corrected chi connectivity index (χ1v) is 6.66. The molecule has 0 aliphatic heterocycles. The van der Waals surface area contributed by atoms with Crippen LogP contribution in [0.15, 0.2) is 39.6 Å². The fourth-order valence-corrected chi connectivity index (χ4v) is 2.61. The van der Waals surface area contributed by atoms with Crippen molar-refractivity contribution in [2.24, 2.45) is 0 Å². The molecular formula is C13H11NO5S. The zero-order chi connectivity index (χ0) is 14.7. The Bertz CT molecular complexity index is 665. The minimum atomic E-state index is -1.05. The van der Waals surface area contributed by atoms with Gasteiger partial charge in [0.25, 0.3) is 5.69 Å². The van der Waals surface area contributed by atoms with Gasteiger partial charge in [0, 0.05) is 6.07 Å². The Kier molecular flexibility index (Phi) is 4.09. The Balaban J connectivity index is 2.15. The van der Waals surface area contributed by atoms with Crippen molar-refractivity contribution in [1.29, 1.82) is 0 Å². The van der Waals surface area contributed by atoms with Gasteiger partial charge in [0.2, 0.25) is 0 Å². The van der Waals surface area contributed by atoms with Crippen molar-refractivity contribution in [3.63, 3.8) is 0 Å². The van der Waals surface area contributed by atoms with Gasteiger partial charge >= 0.3 is 5.97 Å². The standard InChI is InChI=1S/C13H11NO5S/c1-8-10(13(15)16)6-9(19-8)7-20-12-5-3-2-4-11(12)14(17)18/h2-6H,7H2,1H3,(H,15,16). The lowest BCUT2D eigenvalue weighted by molar-refractivity contribution is -0.387. The number of aromatic carboxylic acids is 1. The molecule has 6 nitrogen and oxygen atoms in total.